The molecule has 0 bridgehead atoms. The van der Waals surface area contributed by atoms with E-state index in [0.717, 1.165) is 0 Å². The lowest BCUT2D eigenvalue weighted by Crippen LogP contribution is -2.41. The van der Waals surface area contributed by atoms with Gasteiger partial charge in [0.25, 0.3) is 0 Å². The number of aliphatic hydroxyl groups is 1. The number of carbonyl (C=O) groups excluding carboxylic acids is 1. The van der Waals surface area contributed by atoms with Crippen LogP contribution in [0.1, 0.15) is 25.5 Å². The van der Waals surface area contributed by atoms with E-state index in [9.17, 15) is 14.3 Å². The Morgan fingerprint density at radius 2 is 1.86 bits per heavy atom. The van der Waals surface area contributed by atoms with Gasteiger partial charge in [-0.3, -0.25) is 4.79 Å². The van der Waals surface area contributed by atoms with Crippen LogP contribution in [0.25, 0.3) is 0 Å². The van der Waals surface area contributed by atoms with Gasteiger partial charge in [-0.05, 0) is 30.7 Å². The quantitative estimate of drug-likeness (QED) is 0.808. The molecule has 0 heterocycles. The molecule has 1 aromatic carbocycles. The summed E-state index contributed by atoms with van der Waals surface area (Å²) in [5, 5.41) is 13.0. The van der Waals surface area contributed by atoms with Crippen molar-refractivity contribution in [1.29, 1.82) is 0 Å². The van der Waals surface area contributed by atoms with Crippen LogP contribution in [0.3, 0.4) is 0 Å². The third kappa shape index (κ3) is 6.89. The van der Waals surface area contributed by atoms with Gasteiger partial charge in [-0.15, -0.1) is 12.4 Å². The van der Waals surface area contributed by atoms with Gasteiger partial charge in [-0.1, -0.05) is 26.0 Å². The van der Waals surface area contributed by atoms with Crippen molar-refractivity contribution in [2.75, 3.05) is 26.7 Å². The number of aliphatic hydroxyl groups excluding tert-OH is 1. The lowest BCUT2D eigenvalue weighted by Gasteiger charge is -2.27. The van der Waals surface area contributed by atoms with E-state index in [0.29, 0.717) is 18.0 Å². The number of hydrogen-bond acceptors (Lipinski definition) is 3. The molecule has 0 aliphatic carbocycles. The molecule has 0 spiro atoms. The summed E-state index contributed by atoms with van der Waals surface area (Å²) in [7, 11) is 1.71. The summed E-state index contributed by atoms with van der Waals surface area (Å²) < 4.78 is 12.9. The molecular weight excluding hydrogens is 295 g/mol. The van der Waals surface area contributed by atoms with E-state index in [2.05, 4.69) is 5.32 Å². The van der Waals surface area contributed by atoms with Crippen molar-refractivity contribution in [3.8, 4) is 0 Å². The first-order valence-electron chi connectivity index (χ1n) is 6.80. The first-order valence-corrected chi connectivity index (χ1v) is 6.80. The number of likely N-dealkylation sites (N-methyl/N-ethyl adjacent to an activating group) is 1. The Morgan fingerprint density at radius 3 is 2.33 bits per heavy atom. The van der Waals surface area contributed by atoms with E-state index in [1.165, 1.54) is 24.3 Å². The fourth-order valence-electron chi connectivity index (χ4n) is 1.98. The zero-order valence-electron chi connectivity index (χ0n) is 12.7. The van der Waals surface area contributed by atoms with Crippen LogP contribution in [-0.4, -0.2) is 42.6 Å². The molecule has 120 valence electrons. The summed E-state index contributed by atoms with van der Waals surface area (Å²) >= 11 is 0. The molecule has 0 saturated carbocycles. The number of halogens is 2. The first-order chi connectivity index (χ1) is 9.43. The zero-order valence-corrected chi connectivity index (χ0v) is 13.5. The monoisotopic (exact) mass is 318 g/mol. The van der Waals surface area contributed by atoms with Crippen LogP contribution in [-0.2, 0) is 4.79 Å². The molecule has 0 radical (unpaired) electrons. The SMILES string of the molecule is CNCC(=O)N(CC(C)C)CC(O)c1ccc(F)cc1.Cl. The summed E-state index contributed by atoms with van der Waals surface area (Å²) in [6.07, 6.45) is -0.810. The van der Waals surface area contributed by atoms with Crippen molar-refractivity contribution in [3.63, 3.8) is 0 Å². The molecule has 0 aliphatic rings. The number of nitrogens with zero attached hydrogens (tertiary/aromatic N) is 1. The molecule has 1 atom stereocenters. The number of amides is 1. The second-order valence-electron chi connectivity index (χ2n) is 5.29. The first kappa shape index (κ1) is 19.8. The number of benzene rings is 1. The lowest BCUT2D eigenvalue weighted by atomic mass is 10.1. The topological polar surface area (TPSA) is 52.6 Å². The fourth-order valence-corrected chi connectivity index (χ4v) is 1.98. The molecule has 1 unspecified atom stereocenters. The second kappa shape index (κ2) is 9.71. The number of rotatable bonds is 7. The Hall–Kier alpha value is -1.17. The Labute approximate surface area is 131 Å². The second-order valence-corrected chi connectivity index (χ2v) is 5.29. The molecule has 0 aliphatic heterocycles. The van der Waals surface area contributed by atoms with Crippen LogP contribution in [0, 0.1) is 11.7 Å². The largest absolute Gasteiger partial charge is 0.387 e. The summed E-state index contributed by atoms with van der Waals surface area (Å²) in [6.45, 7) is 5.07. The highest BCUT2D eigenvalue weighted by Crippen LogP contribution is 2.15. The van der Waals surface area contributed by atoms with Gasteiger partial charge < -0.3 is 15.3 Å². The van der Waals surface area contributed by atoms with Gasteiger partial charge in [-0.2, -0.15) is 0 Å². The predicted octanol–water partition coefficient (Wildman–Crippen LogP) is 1.98. The minimum atomic E-state index is -0.810. The molecule has 0 saturated heterocycles. The van der Waals surface area contributed by atoms with E-state index < -0.39 is 6.10 Å². The van der Waals surface area contributed by atoms with Crippen LogP contribution in [0.4, 0.5) is 4.39 Å². The summed E-state index contributed by atoms with van der Waals surface area (Å²) in [6, 6.07) is 5.69. The maximum Gasteiger partial charge on any atom is 0.236 e. The van der Waals surface area contributed by atoms with Crippen molar-refractivity contribution in [3.05, 3.63) is 35.6 Å². The summed E-state index contributed by atoms with van der Waals surface area (Å²) in [5.74, 6) is -0.0789. The summed E-state index contributed by atoms with van der Waals surface area (Å²) in [4.78, 5) is 13.6. The molecule has 0 fully saturated rings. The third-order valence-corrected chi connectivity index (χ3v) is 2.91. The molecular formula is C15H24ClFN2O2. The van der Waals surface area contributed by atoms with Gasteiger partial charge in [0.2, 0.25) is 5.91 Å². The van der Waals surface area contributed by atoms with Gasteiger partial charge in [-0.25, -0.2) is 4.39 Å². The molecule has 4 nitrogen and oxygen atoms in total. The molecule has 6 heteroatoms. The predicted molar refractivity (Wildman–Crippen MR) is 84.0 cm³/mol. The molecule has 1 amide bonds. The lowest BCUT2D eigenvalue weighted by molar-refractivity contribution is -0.132. The minimum absolute atomic E-state index is 0. The van der Waals surface area contributed by atoms with Gasteiger partial charge in [0.15, 0.2) is 0 Å². The zero-order chi connectivity index (χ0) is 15.1. The average molecular weight is 319 g/mol. The number of carbonyl (C=O) groups is 1. The molecule has 2 N–H and O–H groups in total. The molecule has 1 rings (SSSR count). The Kier molecular flexibility index (Phi) is 9.17. The van der Waals surface area contributed by atoms with Crippen LogP contribution in [0.15, 0.2) is 24.3 Å². The standard InChI is InChI=1S/C15H23FN2O2.ClH/c1-11(2)9-18(15(20)8-17-3)10-14(19)12-4-6-13(16)7-5-12;/h4-7,11,14,17,19H,8-10H2,1-3H3;1H. The molecule has 21 heavy (non-hydrogen) atoms. The maximum atomic E-state index is 12.9. The third-order valence-electron chi connectivity index (χ3n) is 2.91. The highest BCUT2D eigenvalue weighted by molar-refractivity contribution is 5.85. The number of hydrogen-bond donors (Lipinski definition) is 2. The van der Waals surface area contributed by atoms with Crippen LogP contribution >= 0.6 is 12.4 Å². The highest BCUT2D eigenvalue weighted by atomic mass is 35.5. The van der Waals surface area contributed by atoms with E-state index in [1.54, 1.807) is 11.9 Å². The van der Waals surface area contributed by atoms with E-state index in [4.69, 9.17) is 0 Å². The van der Waals surface area contributed by atoms with E-state index in [1.807, 2.05) is 13.8 Å². The Bertz CT molecular complexity index is 426. The normalized spacial score (nSPS) is 11.9. The van der Waals surface area contributed by atoms with Crippen molar-refractivity contribution in [2.24, 2.45) is 5.92 Å². The van der Waals surface area contributed by atoms with E-state index in [-0.39, 0.29) is 37.2 Å². The minimum Gasteiger partial charge on any atom is -0.387 e. The Balaban J connectivity index is 0.00000400. The molecule has 0 aromatic heterocycles. The van der Waals surface area contributed by atoms with Crippen molar-refractivity contribution < 1.29 is 14.3 Å². The van der Waals surface area contributed by atoms with Crippen molar-refractivity contribution >= 4 is 18.3 Å². The van der Waals surface area contributed by atoms with Gasteiger partial charge in [0.1, 0.15) is 5.82 Å². The van der Waals surface area contributed by atoms with Crippen molar-refractivity contribution in [1.82, 2.24) is 10.2 Å². The van der Waals surface area contributed by atoms with Crippen molar-refractivity contribution in [2.45, 2.75) is 20.0 Å². The van der Waals surface area contributed by atoms with Gasteiger partial charge >= 0.3 is 0 Å². The van der Waals surface area contributed by atoms with Crippen LogP contribution in [0.5, 0.6) is 0 Å². The number of nitrogens with one attached hydrogen (secondary N) is 1. The van der Waals surface area contributed by atoms with Crippen LogP contribution < -0.4 is 5.32 Å². The smallest absolute Gasteiger partial charge is 0.236 e. The maximum absolute atomic E-state index is 12.9. The molecule has 1 aromatic rings. The fraction of sp³-hybridized carbons (Fsp3) is 0.533. The summed E-state index contributed by atoms with van der Waals surface area (Å²) in [5.41, 5.74) is 0.609. The Morgan fingerprint density at radius 1 is 1.29 bits per heavy atom. The van der Waals surface area contributed by atoms with Gasteiger partial charge in [0, 0.05) is 6.54 Å². The highest BCUT2D eigenvalue weighted by Gasteiger charge is 2.19. The van der Waals surface area contributed by atoms with Crippen LogP contribution in [0.2, 0.25) is 0 Å². The van der Waals surface area contributed by atoms with E-state index >= 15 is 0 Å². The average Bonchev–Trinajstić information content (AvgIpc) is 2.38. The van der Waals surface area contributed by atoms with Gasteiger partial charge in [0.05, 0.1) is 19.2 Å².